The lowest BCUT2D eigenvalue weighted by atomic mass is 9.82. The quantitative estimate of drug-likeness (QED) is 0.592. The molecule has 0 aromatic rings. The van der Waals surface area contributed by atoms with Crippen LogP contribution in [-0.2, 0) is 0 Å². The Morgan fingerprint density at radius 2 is 1.75 bits per heavy atom. The van der Waals surface area contributed by atoms with E-state index in [2.05, 4.69) is 13.8 Å². The van der Waals surface area contributed by atoms with Crippen molar-refractivity contribution in [3.8, 4) is 0 Å². The zero-order chi connectivity index (χ0) is 9.03. The van der Waals surface area contributed by atoms with Crippen LogP contribution in [0.15, 0.2) is 0 Å². The van der Waals surface area contributed by atoms with E-state index in [1.54, 1.807) is 0 Å². The van der Waals surface area contributed by atoms with Crippen molar-refractivity contribution >= 4 is 0 Å². The monoisotopic (exact) mass is 169 g/mol. The Morgan fingerprint density at radius 1 is 1.00 bits per heavy atom. The summed E-state index contributed by atoms with van der Waals surface area (Å²) in [5, 5.41) is 0. The van der Waals surface area contributed by atoms with E-state index in [4.69, 9.17) is 5.73 Å². The average molecular weight is 169 g/mol. The molecule has 2 N–H and O–H groups in total. The molecular formula is C11H23N. The minimum absolute atomic E-state index is 0.474. The molecule has 0 radical (unpaired) electrons. The minimum atomic E-state index is 0.474. The van der Waals surface area contributed by atoms with Crippen molar-refractivity contribution in [3.05, 3.63) is 0 Å². The molecule has 72 valence electrons. The van der Waals surface area contributed by atoms with Crippen molar-refractivity contribution in [1.82, 2.24) is 0 Å². The molecule has 0 aromatic heterocycles. The predicted octanol–water partition coefficient (Wildman–Crippen LogP) is 3.08. The molecule has 1 heteroatoms. The Labute approximate surface area is 76.7 Å². The second kappa shape index (κ2) is 4.27. The SMILES string of the molecule is CC1(C)CCCCCC(N)CC1. The third-order valence-electron chi connectivity index (χ3n) is 3.12. The van der Waals surface area contributed by atoms with Gasteiger partial charge < -0.3 is 5.73 Å². The fourth-order valence-corrected chi connectivity index (χ4v) is 2.03. The summed E-state index contributed by atoms with van der Waals surface area (Å²) >= 11 is 0. The van der Waals surface area contributed by atoms with Gasteiger partial charge in [-0.25, -0.2) is 0 Å². The van der Waals surface area contributed by atoms with Gasteiger partial charge in [-0.1, -0.05) is 33.1 Å². The van der Waals surface area contributed by atoms with Crippen LogP contribution in [0.2, 0.25) is 0 Å². The molecule has 12 heavy (non-hydrogen) atoms. The topological polar surface area (TPSA) is 26.0 Å². The summed E-state index contributed by atoms with van der Waals surface area (Å²) in [6.07, 6.45) is 9.31. The van der Waals surface area contributed by atoms with Crippen molar-refractivity contribution in [3.63, 3.8) is 0 Å². The Kier molecular flexibility index (Phi) is 3.57. The molecule has 0 aliphatic heterocycles. The lowest BCUT2D eigenvalue weighted by molar-refractivity contribution is 0.288. The van der Waals surface area contributed by atoms with Gasteiger partial charge in [-0.05, 0) is 31.1 Å². The summed E-state index contributed by atoms with van der Waals surface area (Å²) in [5.74, 6) is 0. The summed E-state index contributed by atoms with van der Waals surface area (Å²) in [4.78, 5) is 0. The maximum absolute atomic E-state index is 5.99. The highest BCUT2D eigenvalue weighted by Gasteiger charge is 2.19. The molecule has 0 saturated heterocycles. The van der Waals surface area contributed by atoms with Crippen molar-refractivity contribution < 1.29 is 0 Å². The highest BCUT2D eigenvalue weighted by molar-refractivity contribution is 4.74. The normalized spacial score (nSPS) is 31.8. The van der Waals surface area contributed by atoms with E-state index < -0.39 is 0 Å². The van der Waals surface area contributed by atoms with Gasteiger partial charge in [0, 0.05) is 6.04 Å². The average Bonchev–Trinajstić information content (AvgIpc) is 2.05. The van der Waals surface area contributed by atoms with Gasteiger partial charge in [0.1, 0.15) is 0 Å². The molecule has 0 amide bonds. The lowest BCUT2D eigenvalue weighted by Crippen LogP contribution is -2.22. The van der Waals surface area contributed by atoms with E-state index in [1.807, 2.05) is 0 Å². The van der Waals surface area contributed by atoms with Crippen molar-refractivity contribution in [2.45, 2.75) is 64.8 Å². The van der Waals surface area contributed by atoms with Crippen LogP contribution in [0, 0.1) is 5.41 Å². The zero-order valence-electron chi connectivity index (χ0n) is 8.60. The maximum Gasteiger partial charge on any atom is 0.00390 e. The largest absolute Gasteiger partial charge is 0.328 e. The zero-order valence-corrected chi connectivity index (χ0v) is 8.60. The van der Waals surface area contributed by atoms with Gasteiger partial charge in [-0.3, -0.25) is 0 Å². The summed E-state index contributed by atoms with van der Waals surface area (Å²) in [6, 6.07) is 0.474. The smallest absolute Gasteiger partial charge is 0.00390 e. The van der Waals surface area contributed by atoms with Crippen LogP contribution >= 0.6 is 0 Å². The fourth-order valence-electron chi connectivity index (χ4n) is 2.03. The molecule has 0 bridgehead atoms. The molecule has 1 unspecified atom stereocenters. The van der Waals surface area contributed by atoms with Crippen LogP contribution < -0.4 is 5.73 Å². The highest BCUT2D eigenvalue weighted by atomic mass is 14.6. The molecule has 1 fully saturated rings. The second-order valence-corrected chi connectivity index (χ2v) is 5.06. The Balaban J connectivity index is 2.40. The molecule has 1 saturated carbocycles. The maximum atomic E-state index is 5.99. The van der Waals surface area contributed by atoms with Gasteiger partial charge in [0.15, 0.2) is 0 Å². The number of rotatable bonds is 0. The first-order valence-electron chi connectivity index (χ1n) is 5.36. The van der Waals surface area contributed by atoms with Crippen LogP contribution in [-0.4, -0.2) is 6.04 Å². The van der Waals surface area contributed by atoms with Gasteiger partial charge in [0.2, 0.25) is 0 Å². The van der Waals surface area contributed by atoms with E-state index in [1.165, 1.54) is 44.9 Å². The lowest BCUT2D eigenvalue weighted by Gasteiger charge is -2.24. The van der Waals surface area contributed by atoms with E-state index in [9.17, 15) is 0 Å². The molecular weight excluding hydrogens is 146 g/mol. The number of hydrogen-bond acceptors (Lipinski definition) is 1. The Morgan fingerprint density at radius 3 is 2.50 bits per heavy atom. The molecule has 1 atom stereocenters. The van der Waals surface area contributed by atoms with Gasteiger partial charge >= 0.3 is 0 Å². The van der Waals surface area contributed by atoms with Crippen LogP contribution in [0.3, 0.4) is 0 Å². The molecule has 1 aliphatic carbocycles. The van der Waals surface area contributed by atoms with Crippen molar-refractivity contribution in [1.29, 1.82) is 0 Å². The molecule has 0 heterocycles. The third-order valence-corrected chi connectivity index (χ3v) is 3.12. The number of nitrogens with two attached hydrogens (primary N) is 1. The standard InChI is InChI=1S/C11H23N/c1-11(2)8-5-3-4-6-10(12)7-9-11/h10H,3-9,12H2,1-2H3. The molecule has 0 spiro atoms. The first kappa shape index (κ1) is 10.0. The first-order chi connectivity index (χ1) is 5.60. The fraction of sp³-hybridized carbons (Fsp3) is 1.00. The minimum Gasteiger partial charge on any atom is -0.328 e. The predicted molar refractivity (Wildman–Crippen MR) is 54.1 cm³/mol. The van der Waals surface area contributed by atoms with Gasteiger partial charge in [0.05, 0.1) is 0 Å². The molecule has 1 nitrogen and oxygen atoms in total. The van der Waals surface area contributed by atoms with E-state index in [0.717, 1.165) is 0 Å². The van der Waals surface area contributed by atoms with Crippen LogP contribution in [0.25, 0.3) is 0 Å². The molecule has 1 rings (SSSR count). The summed E-state index contributed by atoms with van der Waals surface area (Å²) < 4.78 is 0. The van der Waals surface area contributed by atoms with Crippen LogP contribution in [0.1, 0.15) is 58.8 Å². The van der Waals surface area contributed by atoms with Crippen LogP contribution in [0.4, 0.5) is 0 Å². The summed E-state index contributed by atoms with van der Waals surface area (Å²) in [5.41, 5.74) is 6.54. The number of hydrogen-bond donors (Lipinski definition) is 1. The van der Waals surface area contributed by atoms with Gasteiger partial charge in [-0.2, -0.15) is 0 Å². The Hall–Kier alpha value is -0.0400. The molecule has 1 aliphatic rings. The molecule has 0 aromatic carbocycles. The second-order valence-electron chi connectivity index (χ2n) is 5.06. The first-order valence-corrected chi connectivity index (χ1v) is 5.36. The van der Waals surface area contributed by atoms with Gasteiger partial charge in [0.25, 0.3) is 0 Å². The van der Waals surface area contributed by atoms with Gasteiger partial charge in [-0.15, -0.1) is 0 Å². The summed E-state index contributed by atoms with van der Waals surface area (Å²) in [6.45, 7) is 4.76. The van der Waals surface area contributed by atoms with E-state index in [-0.39, 0.29) is 0 Å². The van der Waals surface area contributed by atoms with E-state index >= 15 is 0 Å². The highest BCUT2D eigenvalue weighted by Crippen LogP contribution is 2.31. The van der Waals surface area contributed by atoms with Crippen LogP contribution in [0.5, 0.6) is 0 Å². The van der Waals surface area contributed by atoms with E-state index in [0.29, 0.717) is 11.5 Å². The Bertz CT molecular complexity index is 129. The van der Waals surface area contributed by atoms with Crippen molar-refractivity contribution in [2.75, 3.05) is 0 Å². The van der Waals surface area contributed by atoms with Crippen molar-refractivity contribution in [2.24, 2.45) is 11.1 Å². The summed E-state index contributed by atoms with van der Waals surface area (Å²) in [7, 11) is 0. The third kappa shape index (κ3) is 3.57.